The van der Waals surface area contributed by atoms with Crippen molar-refractivity contribution in [2.75, 3.05) is 7.11 Å². The van der Waals surface area contributed by atoms with Crippen LogP contribution in [-0.2, 0) is 10.0 Å². The zero-order chi connectivity index (χ0) is 17.0. The quantitative estimate of drug-likeness (QED) is 0.404. The normalized spacial score (nSPS) is 11.6. The number of phenols is 2. The minimum Gasteiger partial charge on any atom is -0.504 e. The summed E-state index contributed by atoms with van der Waals surface area (Å²) in [6.07, 6.45) is 1.18. The number of ether oxygens (including phenoxy) is 1. The summed E-state index contributed by atoms with van der Waals surface area (Å²) in [6.45, 7) is 0. The molecule has 0 aromatic heterocycles. The van der Waals surface area contributed by atoms with E-state index < -0.39 is 21.5 Å². The van der Waals surface area contributed by atoms with E-state index in [1.54, 1.807) is 12.1 Å². The number of hydrazone groups is 1. The lowest BCUT2D eigenvalue weighted by Crippen LogP contribution is -2.18. The standard InChI is InChI=1S/C14H13BrN2O5S/c1-22-13-7-9(6-12(18)14(13)19)8-16-17-23(20,21)11-4-2-10(15)3-5-11/h2-8,17-19H,1H3/b16-8+. The largest absolute Gasteiger partial charge is 0.504 e. The van der Waals surface area contributed by atoms with Gasteiger partial charge in [-0.1, -0.05) is 15.9 Å². The number of nitrogens with zero attached hydrogens (tertiary/aromatic N) is 1. The van der Waals surface area contributed by atoms with Crippen LogP contribution in [0.4, 0.5) is 0 Å². The van der Waals surface area contributed by atoms with Crippen LogP contribution >= 0.6 is 15.9 Å². The van der Waals surface area contributed by atoms with Gasteiger partial charge in [-0.25, -0.2) is 4.83 Å². The summed E-state index contributed by atoms with van der Waals surface area (Å²) in [5, 5.41) is 22.7. The van der Waals surface area contributed by atoms with Crippen LogP contribution in [0, 0.1) is 0 Å². The van der Waals surface area contributed by atoms with Gasteiger partial charge in [0.1, 0.15) is 0 Å². The molecule has 0 unspecified atom stereocenters. The number of hydrogen-bond acceptors (Lipinski definition) is 6. The number of benzene rings is 2. The SMILES string of the molecule is COc1cc(/C=N/NS(=O)(=O)c2ccc(Br)cc2)cc(O)c1O. The van der Waals surface area contributed by atoms with Crippen molar-refractivity contribution in [3.05, 3.63) is 46.4 Å². The third-order valence-electron chi connectivity index (χ3n) is 2.81. The molecule has 0 amide bonds. The Morgan fingerprint density at radius 1 is 1.22 bits per heavy atom. The number of rotatable bonds is 5. The van der Waals surface area contributed by atoms with E-state index in [1.807, 2.05) is 0 Å². The van der Waals surface area contributed by atoms with Gasteiger partial charge in [-0.3, -0.25) is 0 Å². The first-order valence-corrected chi connectivity index (χ1v) is 8.51. The predicted molar refractivity (Wildman–Crippen MR) is 88.4 cm³/mol. The van der Waals surface area contributed by atoms with Gasteiger partial charge in [0.2, 0.25) is 5.75 Å². The molecular weight excluding hydrogens is 388 g/mol. The molecule has 0 radical (unpaired) electrons. The Bertz CT molecular complexity index is 835. The van der Waals surface area contributed by atoms with Crippen LogP contribution in [-0.4, -0.2) is 32.0 Å². The second-order valence-electron chi connectivity index (χ2n) is 4.40. The molecule has 2 rings (SSSR count). The Morgan fingerprint density at radius 3 is 2.48 bits per heavy atom. The van der Waals surface area contributed by atoms with Gasteiger partial charge in [0.05, 0.1) is 18.2 Å². The molecule has 23 heavy (non-hydrogen) atoms. The Kier molecular flexibility index (Phi) is 5.12. The zero-order valence-electron chi connectivity index (χ0n) is 11.9. The van der Waals surface area contributed by atoms with Crippen molar-refractivity contribution in [3.63, 3.8) is 0 Å². The van der Waals surface area contributed by atoms with Crippen LogP contribution in [0.25, 0.3) is 0 Å². The van der Waals surface area contributed by atoms with Crippen LogP contribution in [0.2, 0.25) is 0 Å². The Balaban J connectivity index is 2.18. The number of sulfonamides is 1. The summed E-state index contributed by atoms with van der Waals surface area (Å²) in [4.78, 5) is 2.12. The number of aromatic hydroxyl groups is 2. The van der Waals surface area contributed by atoms with Crippen molar-refractivity contribution in [2.45, 2.75) is 4.90 Å². The highest BCUT2D eigenvalue weighted by Gasteiger charge is 2.12. The second kappa shape index (κ2) is 6.88. The summed E-state index contributed by atoms with van der Waals surface area (Å²) < 4.78 is 29.7. The van der Waals surface area contributed by atoms with Gasteiger partial charge in [0.15, 0.2) is 11.5 Å². The van der Waals surface area contributed by atoms with Crippen molar-refractivity contribution in [3.8, 4) is 17.2 Å². The molecule has 3 N–H and O–H groups in total. The van der Waals surface area contributed by atoms with Gasteiger partial charge in [0.25, 0.3) is 10.0 Å². The molecule has 0 saturated heterocycles. The minimum atomic E-state index is -3.79. The van der Waals surface area contributed by atoms with E-state index in [0.29, 0.717) is 5.56 Å². The van der Waals surface area contributed by atoms with Crippen molar-refractivity contribution in [1.82, 2.24) is 4.83 Å². The van der Waals surface area contributed by atoms with E-state index in [2.05, 4.69) is 25.9 Å². The number of methoxy groups -OCH3 is 1. The molecule has 2 aromatic rings. The molecule has 0 heterocycles. The van der Waals surface area contributed by atoms with Crippen LogP contribution in [0.3, 0.4) is 0 Å². The molecule has 0 fully saturated rings. The fourth-order valence-electron chi connectivity index (χ4n) is 1.68. The zero-order valence-corrected chi connectivity index (χ0v) is 14.3. The number of phenolic OH excluding ortho intramolecular Hbond substituents is 2. The van der Waals surface area contributed by atoms with E-state index in [0.717, 1.165) is 4.47 Å². The third-order valence-corrected chi connectivity index (χ3v) is 4.57. The molecule has 0 aliphatic rings. The molecule has 0 aliphatic heterocycles. The minimum absolute atomic E-state index is 0.0437. The lowest BCUT2D eigenvalue weighted by molar-refractivity contribution is 0.351. The average Bonchev–Trinajstić information content (AvgIpc) is 2.51. The highest BCUT2D eigenvalue weighted by atomic mass is 79.9. The molecule has 0 bridgehead atoms. The molecular formula is C14H13BrN2O5S. The van der Waals surface area contributed by atoms with Crippen LogP contribution in [0.15, 0.2) is 50.9 Å². The fourth-order valence-corrected chi connectivity index (χ4v) is 2.74. The molecule has 9 heteroatoms. The van der Waals surface area contributed by atoms with Gasteiger partial charge in [-0.2, -0.15) is 13.5 Å². The summed E-state index contributed by atoms with van der Waals surface area (Å²) in [5.41, 5.74) is 0.343. The second-order valence-corrected chi connectivity index (χ2v) is 6.97. The lowest BCUT2D eigenvalue weighted by Gasteiger charge is -2.06. The Morgan fingerprint density at radius 2 is 1.87 bits per heavy atom. The fraction of sp³-hybridized carbons (Fsp3) is 0.0714. The first-order valence-electron chi connectivity index (χ1n) is 6.24. The highest BCUT2D eigenvalue weighted by molar-refractivity contribution is 9.10. The molecule has 0 spiro atoms. The summed E-state index contributed by atoms with van der Waals surface area (Å²) >= 11 is 3.22. The maximum absolute atomic E-state index is 12.0. The van der Waals surface area contributed by atoms with Gasteiger partial charge < -0.3 is 14.9 Å². The smallest absolute Gasteiger partial charge is 0.276 e. The lowest BCUT2D eigenvalue weighted by atomic mass is 10.2. The van der Waals surface area contributed by atoms with Gasteiger partial charge >= 0.3 is 0 Å². The predicted octanol–water partition coefficient (Wildman–Crippen LogP) is 2.18. The molecule has 0 aliphatic carbocycles. The number of halogens is 1. The van der Waals surface area contributed by atoms with E-state index >= 15 is 0 Å². The Hall–Kier alpha value is -2.26. The summed E-state index contributed by atoms with van der Waals surface area (Å²) in [7, 11) is -2.47. The first-order chi connectivity index (χ1) is 10.8. The van der Waals surface area contributed by atoms with E-state index in [4.69, 9.17) is 4.74 Å². The molecule has 0 saturated carbocycles. The van der Waals surface area contributed by atoms with Crippen LogP contribution < -0.4 is 9.57 Å². The highest BCUT2D eigenvalue weighted by Crippen LogP contribution is 2.35. The summed E-state index contributed by atoms with van der Waals surface area (Å²) in [5.74, 6) is -0.760. The number of nitrogens with one attached hydrogen (secondary N) is 1. The monoisotopic (exact) mass is 400 g/mol. The van der Waals surface area contributed by atoms with Gasteiger partial charge in [-0.05, 0) is 36.4 Å². The third kappa shape index (κ3) is 4.14. The average molecular weight is 401 g/mol. The maximum Gasteiger partial charge on any atom is 0.276 e. The van der Waals surface area contributed by atoms with Crippen molar-refractivity contribution >= 4 is 32.2 Å². The van der Waals surface area contributed by atoms with E-state index in [1.165, 1.54) is 37.6 Å². The van der Waals surface area contributed by atoms with E-state index in [9.17, 15) is 18.6 Å². The van der Waals surface area contributed by atoms with Crippen LogP contribution in [0.5, 0.6) is 17.2 Å². The first kappa shape index (κ1) is 17.1. The molecule has 7 nitrogen and oxygen atoms in total. The van der Waals surface area contributed by atoms with Crippen molar-refractivity contribution in [1.29, 1.82) is 0 Å². The molecule has 0 atom stereocenters. The molecule has 2 aromatic carbocycles. The van der Waals surface area contributed by atoms with Crippen LogP contribution in [0.1, 0.15) is 5.56 Å². The maximum atomic E-state index is 12.0. The van der Waals surface area contributed by atoms with E-state index in [-0.39, 0.29) is 10.6 Å². The van der Waals surface area contributed by atoms with Crippen molar-refractivity contribution in [2.24, 2.45) is 5.10 Å². The molecule has 122 valence electrons. The van der Waals surface area contributed by atoms with Crippen molar-refractivity contribution < 1.29 is 23.4 Å². The van der Waals surface area contributed by atoms with Gasteiger partial charge in [0, 0.05) is 10.0 Å². The summed E-state index contributed by atoms with van der Waals surface area (Å²) in [6, 6.07) is 8.67. The Labute approximate surface area is 141 Å². The number of hydrogen-bond donors (Lipinski definition) is 3. The topological polar surface area (TPSA) is 108 Å². The van der Waals surface area contributed by atoms with Gasteiger partial charge in [-0.15, -0.1) is 0 Å².